The summed E-state index contributed by atoms with van der Waals surface area (Å²) in [6, 6.07) is 19.6. The standard InChI is InChI=1S/C23H18ClN3O3/c1-30-23(29)16-7-11-18(12-8-16)25-21(28)14-19-22(15-5-9-17(24)10-6-15)26-20-4-2-3-13-27(19)20/h2-13H,14H2,1H3,(H,25,28). The monoisotopic (exact) mass is 419 g/mol. The molecular formula is C23H18ClN3O3. The molecule has 0 spiro atoms. The zero-order chi connectivity index (χ0) is 21.1. The van der Waals surface area contributed by atoms with Gasteiger partial charge in [-0.1, -0.05) is 29.8 Å². The summed E-state index contributed by atoms with van der Waals surface area (Å²) in [6.45, 7) is 0. The molecule has 1 N–H and O–H groups in total. The Morgan fingerprint density at radius 2 is 1.77 bits per heavy atom. The van der Waals surface area contributed by atoms with Crippen LogP contribution in [0.4, 0.5) is 5.69 Å². The molecule has 0 saturated carbocycles. The van der Waals surface area contributed by atoms with Gasteiger partial charge >= 0.3 is 5.97 Å². The van der Waals surface area contributed by atoms with E-state index in [9.17, 15) is 9.59 Å². The topological polar surface area (TPSA) is 72.7 Å². The van der Waals surface area contributed by atoms with Crippen LogP contribution in [0, 0.1) is 0 Å². The zero-order valence-corrected chi connectivity index (χ0v) is 16.9. The molecular weight excluding hydrogens is 402 g/mol. The number of benzene rings is 2. The fourth-order valence-electron chi connectivity index (χ4n) is 3.22. The van der Waals surface area contributed by atoms with Gasteiger partial charge in [0.2, 0.25) is 5.91 Å². The number of aromatic nitrogens is 2. The van der Waals surface area contributed by atoms with E-state index in [0.29, 0.717) is 16.3 Å². The lowest BCUT2D eigenvalue weighted by atomic mass is 10.1. The van der Waals surface area contributed by atoms with Gasteiger partial charge in [-0.2, -0.15) is 0 Å². The van der Waals surface area contributed by atoms with Gasteiger partial charge in [0.1, 0.15) is 5.65 Å². The normalized spacial score (nSPS) is 10.7. The number of hydrogen-bond donors (Lipinski definition) is 1. The van der Waals surface area contributed by atoms with Crippen molar-refractivity contribution in [1.29, 1.82) is 0 Å². The number of hydrogen-bond acceptors (Lipinski definition) is 4. The van der Waals surface area contributed by atoms with Crippen LogP contribution in [0.25, 0.3) is 16.9 Å². The minimum atomic E-state index is -0.425. The Balaban J connectivity index is 1.61. The predicted octanol–water partition coefficient (Wildman–Crippen LogP) is 4.62. The molecule has 2 aromatic heterocycles. The first-order valence-electron chi connectivity index (χ1n) is 9.25. The second-order valence-corrected chi connectivity index (χ2v) is 7.07. The first-order chi connectivity index (χ1) is 14.5. The van der Waals surface area contributed by atoms with Gasteiger partial charge in [0, 0.05) is 22.5 Å². The number of anilines is 1. The van der Waals surface area contributed by atoms with Gasteiger partial charge in [0.25, 0.3) is 0 Å². The second kappa shape index (κ2) is 8.39. The smallest absolute Gasteiger partial charge is 0.337 e. The third-order valence-corrected chi connectivity index (χ3v) is 4.92. The SMILES string of the molecule is COC(=O)c1ccc(NC(=O)Cc2c(-c3ccc(Cl)cc3)nc3ccccn23)cc1. The van der Waals surface area contributed by atoms with Crippen LogP contribution < -0.4 is 5.32 Å². The highest BCUT2D eigenvalue weighted by Gasteiger charge is 2.17. The molecule has 0 unspecified atom stereocenters. The van der Waals surface area contributed by atoms with Crippen molar-refractivity contribution >= 4 is 34.8 Å². The average Bonchev–Trinajstić information content (AvgIpc) is 3.12. The quantitative estimate of drug-likeness (QED) is 0.479. The molecule has 7 heteroatoms. The van der Waals surface area contributed by atoms with Crippen molar-refractivity contribution in [3.63, 3.8) is 0 Å². The van der Waals surface area contributed by atoms with E-state index in [0.717, 1.165) is 22.6 Å². The van der Waals surface area contributed by atoms with Crippen LogP contribution in [-0.4, -0.2) is 28.4 Å². The predicted molar refractivity (Wildman–Crippen MR) is 116 cm³/mol. The molecule has 0 saturated heterocycles. The molecule has 0 aliphatic heterocycles. The molecule has 4 aromatic rings. The summed E-state index contributed by atoms with van der Waals surface area (Å²) in [5.74, 6) is -0.618. The fourth-order valence-corrected chi connectivity index (χ4v) is 3.35. The van der Waals surface area contributed by atoms with Crippen LogP contribution in [0.15, 0.2) is 72.9 Å². The van der Waals surface area contributed by atoms with Crippen molar-refractivity contribution in [2.75, 3.05) is 12.4 Å². The first-order valence-corrected chi connectivity index (χ1v) is 9.63. The lowest BCUT2D eigenvalue weighted by molar-refractivity contribution is -0.115. The Bertz CT molecular complexity index is 1210. The van der Waals surface area contributed by atoms with E-state index in [4.69, 9.17) is 16.6 Å². The molecule has 1 amide bonds. The van der Waals surface area contributed by atoms with E-state index in [-0.39, 0.29) is 12.3 Å². The number of pyridine rings is 1. The molecule has 0 bridgehead atoms. The Morgan fingerprint density at radius 1 is 1.03 bits per heavy atom. The van der Waals surface area contributed by atoms with Gasteiger partial charge in [-0.3, -0.25) is 4.79 Å². The van der Waals surface area contributed by atoms with E-state index >= 15 is 0 Å². The Labute approximate surface area is 178 Å². The third kappa shape index (κ3) is 4.04. The number of carbonyl (C=O) groups excluding carboxylic acids is 2. The number of fused-ring (bicyclic) bond motifs is 1. The molecule has 2 aromatic carbocycles. The summed E-state index contributed by atoms with van der Waals surface area (Å²) >= 11 is 6.01. The summed E-state index contributed by atoms with van der Waals surface area (Å²) < 4.78 is 6.59. The number of amides is 1. The molecule has 30 heavy (non-hydrogen) atoms. The van der Waals surface area contributed by atoms with Crippen LogP contribution in [0.1, 0.15) is 16.1 Å². The summed E-state index contributed by atoms with van der Waals surface area (Å²) in [6.07, 6.45) is 2.01. The van der Waals surface area contributed by atoms with Crippen molar-refractivity contribution in [3.05, 3.63) is 89.2 Å². The highest BCUT2D eigenvalue weighted by atomic mass is 35.5. The van der Waals surface area contributed by atoms with Crippen LogP contribution >= 0.6 is 11.6 Å². The number of nitrogens with zero attached hydrogens (tertiary/aromatic N) is 2. The Kier molecular flexibility index (Phi) is 5.50. The molecule has 0 fully saturated rings. The van der Waals surface area contributed by atoms with Gasteiger partial charge in [-0.15, -0.1) is 0 Å². The van der Waals surface area contributed by atoms with Crippen molar-refractivity contribution in [3.8, 4) is 11.3 Å². The Hall–Kier alpha value is -3.64. The number of carbonyl (C=O) groups is 2. The molecule has 6 nitrogen and oxygen atoms in total. The molecule has 0 atom stereocenters. The summed E-state index contributed by atoms with van der Waals surface area (Å²) in [4.78, 5) is 29.0. The number of ether oxygens (including phenoxy) is 1. The fraction of sp³-hybridized carbons (Fsp3) is 0.0870. The van der Waals surface area contributed by atoms with Crippen LogP contribution in [0.5, 0.6) is 0 Å². The highest BCUT2D eigenvalue weighted by Crippen LogP contribution is 2.26. The minimum Gasteiger partial charge on any atom is -0.465 e. The van der Waals surface area contributed by atoms with E-state index in [1.165, 1.54) is 7.11 Å². The van der Waals surface area contributed by atoms with E-state index < -0.39 is 5.97 Å². The third-order valence-electron chi connectivity index (χ3n) is 4.66. The van der Waals surface area contributed by atoms with E-state index in [1.807, 2.05) is 40.9 Å². The van der Waals surface area contributed by atoms with E-state index in [1.54, 1.807) is 36.4 Å². The van der Waals surface area contributed by atoms with Gasteiger partial charge < -0.3 is 14.5 Å². The minimum absolute atomic E-state index is 0.127. The number of imidazole rings is 1. The number of esters is 1. The lowest BCUT2D eigenvalue weighted by Crippen LogP contribution is -2.16. The number of halogens is 1. The molecule has 2 heterocycles. The number of nitrogens with one attached hydrogen (secondary N) is 1. The van der Waals surface area contributed by atoms with Crippen LogP contribution in [0.3, 0.4) is 0 Å². The molecule has 0 aliphatic rings. The maximum atomic E-state index is 12.8. The van der Waals surface area contributed by atoms with Gasteiger partial charge in [-0.25, -0.2) is 9.78 Å². The summed E-state index contributed by atoms with van der Waals surface area (Å²) in [7, 11) is 1.33. The van der Waals surface area contributed by atoms with Crippen molar-refractivity contribution < 1.29 is 14.3 Å². The average molecular weight is 420 g/mol. The van der Waals surface area contributed by atoms with Crippen LogP contribution in [0.2, 0.25) is 5.02 Å². The number of methoxy groups -OCH3 is 1. The zero-order valence-electron chi connectivity index (χ0n) is 16.1. The first kappa shape index (κ1) is 19.7. The van der Waals surface area contributed by atoms with Crippen molar-refractivity contribution in [2.24, 2.45) is 0 Å². The maximum absolute atomic E-state index is 12.8. The molecule has 150 valence electrons. The molecule has 4 rings (SSSR count). The molecule has 0 radical (unpaired) electrons. The second-order valence-electron chi connectivity index (χ2n) is 6.64. The van der Waals surface area contributed by atoms with Crippen molar-refractivity contribution in [1.82, 2.24) is 9.38 Å². The summed E-state index contributed by atoms with van der Waals surface area (Å²) in [5.41, 5.74) is 4.16. The molecule has 0 aliphatic carbocycles. The summed E-state index contributed by atoms with van der Waals surface area (Å²) in [5, 5.41) is 3.50. The number of rotatable bonds is 5. The van der Waals surface area contributed by atoms with Gasteiger partial charge in [0.05, 0.1) is 30.5 Å². The van der Waals surface area contributed by atoms with E-state index in [2.05, 4.69) is 10.1 Å². The van der Waals surface area contributed by atoms with Gasteiger partial charge in [-0.05, 0) is 48.5 Å². The maximum Gasteiger partial charge on any atom is 0.337 e. The lowest BCUT2D eigenvalue weighted by Gasteiger charge is -2.08. The Morgan fingerprint density at radius 3 is 2.47 bits per heavy atom. The van der Waals surface area contributed by atoms with Crippen LogP contribution in [-0.2, 0) is 16.0 Å². The highest BCUT2D eigenvalue weighted by molar-refractivity contribution is 6.30. The largest absolute Gasteiger partial charge is 0.465 e. The van der Waals surface area contributed by atoms with Gasteiger partial charge in [0.15, 0.2) is 0 Å². The van der Waals surface area contributed by atoms with Crippen molar-refractivity contribution in [2.45, 2.75) is 6.42 Å².